The molecule has 0 unspecified atom stereocenters. The van der Waals surface area contributed by atoms with Gasteiger partial charge in [0, 0.05) is 4.88 Å². The Bertz CT molecular complexity index is 459. The molecule has 0 bridgehead atoms. The first-order valence-electron chi connectivity index (χ1n) is 5.87. The van der Waals surface area contributed by atoms with Crippen molar-refractivity contribution in [3.05, 3.63) is 21.4 Å². The molecule has 0 aromatic carbocycles. The fraction of sp³-hybridized carbons (Fsp3) is 0.538. The Morgan fingerprint density at radius 2 is 2.18 bits per heavy atom. The van der Waals surface area contributed by atoms with Crippen molar-refractivity contribution in [2.24, 2.45) is 0 Å². The predicted octanol–water partition coefficient (Wildman–Crippen LogP) is 2.66. The van der Waals surface area contributed by atoms with Crippen LogP contribution in [0, 0.1) is 11.3 Å². The summed E-state index contributed by atoms with van der Waals surface area (Å²) in [6, 6.07) is 4.06. The number of rotatable bonds is 2. The normalized spacial score (nSPS) is 14.9. The minimum absolute atomic E-state index is 0.129. The number of carbonyl (C=O) groups excluding carboxylic acids is 1. The van der Waals surface area contributed by atoms with Crippen LogP contribution in [-0.4, -0.2) is 11.4 Å². The lowest BCUT2D eigenvalue weighted by molar-refractivity contribution is 0.0933. The molecule has 1 N–H and O–H groups in total. The Morgan fingerprint density at radius 3 is 2.82 bits per heavy atom. The standard InChI is InChI=1S/C13H16N2OS/c1-13(2,8-14)15-12(16)11-7-9-5-3-4-6-10(9)17-11/h7H,3-6H2,1-2H3,(H,15,16). The number of nitriles is 1. The average molecular weight is 248 g/mol. The van der Waals surface area contributed by atoms with Crippen LogP contribution in [-0.2, 0) is 12.8 Å². The SMILES string of the molecule is CC(C)(C#N)NC(=O)c1cc2c(s1)CCCC2. The third-order valence-corrected chi connectivity index (χ3v) is 4.16. The quantitative estimate of drug-likeness (QED) is 0.874. The van der Waals surface area contributed by atoms with E-state index in [1.54, 1.807) is 25.2 Å². The van der Waals surface area contributed by atoms with Crippen LogP contribution in [0.1, 0.15) is 46.8 Å². The van der Waals surface area contributed by atoms with Gasteiger partial charge < -0.3 is 5.32 Å². The van der Waals surface area contributed by atoms with Gasteiger partial charge in [0.25, 0.3) is 5.91 Å². The molecule has 0 aliphatic heterocycles. The first-order chi connectivity index (χ1) is 8.02. The van der Waals surface area contributed by atoms with Crippen LogP contribution in [0.2, 0.25) is 0 Å². The molecule has 1 amide bonds. The molecule has 1 aromatic heterocycles. The molecule has 0 radical (unpaired) electrons. The summed E-state index contributed by atoms with van der Waals surface area (Å²) in [5.74, 6) is -0.129. The van der Waals surface area contributed by atoms with Gasteiger partial charge in [-0.05, 0) is 51.2 Å². The Kier molecular flexibility index (Phi) is 3.21. The van der Waals surface area contributed by atoms with Gasteiger partial charge in [0.05, 0.1) is 10.9 Å². The van der Waals surface area contributed by atoms with Crippen LogP contribution in [0.15, 0.2) is 6.07 Å². The van der Waals surface area contributed by atoms with E-state index in [0.29, 0.717) is 0 Å². The fourth-order valence-electron chi connectivity index (χ4n) is 1.98. The van der Waals surface area contributed by atoms with E-state index >= 15 is 0 Å². The van der Waals surface area contributed by atoms with Crippen molar-refractivity contribution in [3.63, 3.8) is 0 Å². The highest BCUT2D eigenvalue weighted by atomic mass is 32.1. The first kappa shape index (κ1) is 12.1. The van der Waals surface area contributed by atoms with Crippen LogP contribution >= 0.6 is 11.3 Å². The molecule has 17 heavy (non-hydrogen) atoms. The van der Waals surface area contributed by atoms with Crippen LogP contribution in [0.25, 0.3) is 0 Å². The lowest BCUT2D eigenvalue weighted by atomic mass is 9.99. The van der Waals surface area contributed by atoms with Gasteiger partial charge in [-0.25, -0.2) is 0 Å². The van der Waals surface area contributed by atoms with E-state index in [0.717, 1.165) is 17.7 Å². The monoisotopic (exact) mass is 248 g/mol. The maximum absolute atomic E-state index is 12.0. The molecule has 0 saturated heterocycles. The van der Waals surface area contributed by atoms with Crippen LogP contribution in [0.3, 0.4) is 0 Å². The topological polar surface area (TPSA) is 52.9 Å². The number of amides is 1. The van der Waals surface area contributed by atoms with Crippen LogP contribution < -0.4 is 5.32 Å². The van der Waals surface area contributed by atoms with E-state index in [4.69, 9.17) is 5.26 Å². The maximum atomic E-state index is 12.0. The second-order valence-electron chi connectivity index (χ2n) is 4.96. The van der Waals surface area contributed by atoms with Gasteiger partial charge in [-0.15, -0.1) is 11.3 Å². The molecular formula is C13H16N2OS. The molecular weight excluding hydrogens is 232 g/mol. The molecule has 0 atom stereocenters. The highest BCUT2D eigenvalue weighted by Crippen LogP contribution is 2.29. The third-order valence-electron chi connectivity index (χ3n) is 2.93. The number of fused-ring (bicyclic) bond motifs is 1. The first-order valence-corrected chi connectivity index (χ1v) is 6.69. The zero-order valence-corrected chi connectivity index (χ0v) is 11.0. The smallest absolute Gasteiger partial charge is 0.262 e. The number of hydrogen-bond acceptors (Lipinski definition) is 3. The van der Waals surface area contributed by atoms with Crippen molar-refractivity contribution in [2.45, 2.75) is 45.1 Å². The van der Waals surface area contributed by atoms with Gasteiger partial charge in [-0.1, -0.05) is 0 Å². The average Bonchev–Trinajstić information content (AvgIpc) is 2.72. The summed E-state index contributed by atoms with van der Waals surface area (Å²) < 4.78 is 0. The summed E-state index contributed by atoms with van der Waals surface area (Å²) in [7, 11) is 0. The minimum Gasteiger partial charge on any atom is -0.334 e. The van der Waals surface area contributed by atoms with Crippen molar-refractivity contribution in [3.8, 4) is 6.07 Å². The van der Waals surface area contributed by atoms with Crippen LogP contribution in [0.4, 0.5) is 0 Å². The molecule has 1 aliphatic rings. The third kappa shape index (κ3) is 2.67. The van der Waals surface area contributed by atoms with E-state index < -0.39 is 5.54 Å². The molecule has 1 heterocycles. The zero-order valence-electron chi connectivity index (χ0n) is 10.2. The molecule has 3 nitrogen and oxygen atoms in total. The molecule has 0 spiro atoms. The molecule has 0 saturated carbocycles. The maximum Gasteiger partial charge on any atom is 0.262 e. The van der Waals surface area contributed by atoms with Crippen molar-refractivity contribution >= 4 is 17.2 Å². The summed E-state index contributed by atoms with van der Waals surface area (Å²) in [6.07, 6.45) is 4.61. The fourth-order valence-corrected chi connectivity index (χ4v) is 3.12. The molecule has 0 fully saturated rings. The second-order valence-corrected chi connectivity index (χ2v) is 6.09. The lowest BCUT2D eigenvalue weighted by Gasteiger charge is -2.16. The van der Waals surface area contributed by atoms with Gasteiger partial charge in [-0.2, -0.15) is 5.26 Å². The number of aryl methyl sites for hydroxylation is 2. The molecule has 90 valence electrons. The van der Waals surface area contributed by atoms with E-state index in [2.05, 4.69) is 11.4 Å². The molecule has 2 rings (SSSR count). The largest absolute Gasteiger partial charge is 0.334 e. The molecule has 1 aromatic rings. The Morgan fingerprint density at radius 1 is 1.47 bits per heavy atom. The van der Waals surface area contributed by atoms with E-state index in [9.17, 15) is 4.79 Å². The summed E-state index contributed by atoms with van der Waals surface area (Å²) in [5.41, 5.74) is 0.517. The summed E-state index contributed by atoms with van der Waals surface area (Å²) in [5, 5.41) is 11.6. The van der Waals surface area contributed by atoms with Crippen LogP contribution in [0.5, 0.6) is 0 Å². The number of hydrogen-bond donors (Lipinski definition) is 1. The minimum atomic E-state index is -0.804. The summed E-state index contributed by atoms with van der Waals surface area (Å²) in [4.78, 5) is 14.1. The van der Waals surface area contributed by atoms with Crippen molar-refractivity contribution in [2.75, 3.05) is 0 Å². The van der Waals surface area contributed by atoms with Gasteiger partial charge in [0.15, 0.2) is 0 Å². The lowest BCUT2D eigenvalue weighted by Crippen LogP contribution is -2.41. The summed E-state index contributed by atoms with van der Waals surface area (Å²) >= 11 is 1.57. The van der Waals surface area contributed by atoms with Crippen molar-refractivity contribution in [1.82, 2.24) is 5.32 Å². The Balaban J connectivity index is 2.15. The molecule has 1 aliphatic carbocycles. The Hall–Kier alpha value is -1.34. The highest BCUT2D eigenvalue weighted by Gasteiger charge is 2.23. The van der Waals surface area contributed by atoms with Crippen molar-refractivity contribution in [1.29, 1.82) is 5.26 Å². The van der Waals surface area contributed by atoms with Gasteiger partial charge in [-0.3, -0.25) is 4.79 Å². The zero-order chi connectivity index (χ0) is 12.5. The number of nitrogens with zero attached hydrogens (tertiary/aromatic N) is 1. The van der Waals surface area contributed by atoms with E-state index in [1.807, 2.05) is 6.07 Å². The van der Waals surface area contributed by atoms with Gasteiger partial charge in [0.1, 0.15) is 5.54 Å². The predicted molar refractivity (Wildman–Crippen MR) is 68.1 cm³/mol. The van der Waals surface area contributed by atoms with Crippen molar-refractivity contribution < 1.29 is 4.79 Å². The van der Waals surface area contributed by atoms with E-state index in [1.165, 1.54) is 23.3 Å². The van der Waals surface area contributed by atoms with Gasteiger partial charge >= 0.3 is 0 Å². The molecule has 4 heteroatoms. The number of nitrogens with one attached hydrogen (secondary N) is 1. The number of carbonyl (C=O) groups is 1. The second kappa shape index (κ2) is 4.50. The summed E-state index contributed by atoms with van der Waals surface area (Å²) in [6.45, 7) is 3.41. The van der Waals surface area contributed by atoms with E-state index in [-0.39, 0.29) is 5.91 Å². The van der Waals surface area contributed by atoms with Gasteiger partial charge in [0.2, 0.25) is 0 Å². The number of thiophene rings is 1. The Labute approximate surface area is 105 Å². The highest BCUT2D eigenvalue weighted by molar-refractivity contribution is 7.14.